The summed E-state index contributed by atoms with van der Waals surface area (Å²) >= 11 is 0. The molecule has 1 unspecified atom stereocenters. The van der Waals surface area contributed by atoms with Gasteiger partial charge >= 0.3 is 6.09 Å². The molecule has 2 aromatic carbocycles. The maximum atomic E-state index is 15.1. The number of hydrogen-bond acceptors (Lipinski definition) is 9. The largest absolute Gasteiger partial charge is 0.442 e. The van der Waals surface area contributed by atoms with Crippen LogP contribution in [0.5, 0.6) is 0 Å². The molecule has 2 saturated heterocycles. The van der Waals surface area contributed by atoms with E-state index in [4.69, 9.17) is 9.15 Å². The van der Waals surface area contributed by atoms with Crippen molar-refractivity contribution in [3.8, 4) is 0 Å². The topological polar surface area (TPSA) is 134 Å². The molecule has 0 radical (unpaired) electrons. The lowest BCUT2D eigenvalue weighted by Crippen LogP contribution is -2.47. The molecule has 36 heavy (non-hydrogen) atoms. The van der Waals surface area contributed by atoms with Crippen LogP contribution in [-0.4, -0.2) is 67.3 Å². The van der Waals surface area contributed by atoms with E-state index >= 15 is 4.39 Å². The number of halogens is 1. The van der Waals surface area contributed by atoms with E-state index in [9.17, 15) is 19.7 Å². The van der Waals surface area contributed by atoms with Gasteiger partial charge in [0.2, 0.25) is 5.91 Å². The Kier molecular flexibility index (Phi) is 6.04. The molecule has 2 aliphatic rings. The van der Waals surface area contributed by atoms with Crippen molar-refractivity contribution in [3.63, 3.8) is 0 Å². The number of nitrogens with zero attached hydrogens (tertiary/aromatic N) is 5. The van der Waals surface area contributed by atoms with Gasteiger partial charge in [-0.3, -0.25) is 19.8 Å². The number of hydrogen-bond donors (Lipinski definition) is 1. The van der Waals surface area contributed by atoms with Crippen molar-refractivity contribution in [2.75, 3.05) is 54.0 Å². The maximum Gasteiger partial charge on any atom is 0.414 e. The van der Waals surface area contributed by atoms with Crippen molar-refractivity contribution in [2.45, 2.75) is 13.0 Å². The van der Waals surface area contributed by atoms with E-state index in [1.165, 1.54) is 36.1 Å². The van der Waals surface area contributed by atoms with Gasteiger partial charge in [-0.05, 0) is 24.3 Å². The molecule has 0 bridgehead atoms. The number of nitrogens with one attached hydrogen (secondary N) is 1. The van der Waals surface area contributed by atoms with Crippen molar-refractivity contribution >= 4 is 46.2 Å². The first-order chi connectivity index (χ1) is 17.3. The second-order valence-corrected chi connectivity index (χ2v) is 8.57. The van der Waals surface area contributed by atoms with Gasteiger partial charge in [-0.1, -0.05) is 0 Å². The minimum Gasteiger partial charge on any atom is -0.442 e. The highest BCUT2D eigenvalue weighted by molar-refractivity contribution is 5.90. The van der Waals surface area contributed by atoms with Crippen molar-refractivity contribution in [1.82, 2.24) is 10.3 Å². The number of aromatic nitrogens is 1. The van der Waals surface area contributed by atoms with Gasteiger partial charge in [0.15, 0.2) is 5.58 Å². The van der Waals surface area contributed by atoms with Crippen LogP contribution in [0.25, 0.3) is 11.1 Å². The Hall–Kier alpha value is -4.42. The number of oxazole rings is 1. The summed E-state index contributed by atoms with van der Waals surface area (Å²) in [4.78, 5) is 43.3. The first-order valence-corrected chi connectivity index (χ1v) is 11.4. The molecule has 2 aliphatic heterocycles. The summed E-state index contributed by atoms with van der Waals surface area (Å²) < 4.78 is 26.1. The highest BCUT2D eigenvalue weighted by atomic mass is 19.1. The van der Waals surface area contributed by atoms with Gasteiger partial charge in [-0.2, -0.15) is 4.98 Å². The molecule has 1 N–H and O–H groups in total. The third-order valence-corrected chi connectivity index (χ3v) is 6.16. The average molecular weight is 498 g/mol. The third kappa shape index (κ3) is 4.59. The normalized spacial score (nSPS) is 18.0. The highest BCUT2D eigenvalue weighted by Crippen LogP contribution is 2.30. The van der Waals surface area contributed by atoms with Crippen molar-refractivity contribution < 1.29 is 28.1 Å². The van der Waals surface area contributed by atoms with E-state index in [0.717, 1.165) is 0 Å². The molecule has 0 aliphatic carbocycles. The van der Waals surface area contributed by atoms with Crippen LogP contribution in [-0.2, 0) is 9.53 Å². The zero-order valence-electron chi connectivity index (χ0n) is 19.3. The second-order valence-electron chi connectivity index (χ2n) is 8.57. The monoisotopic (exact) mass is 498 g/mol. The van der Waals surface area contributed by atoms with Crippen LogP contribution < -0.4 is 20.0 Å². The summed E-state index contributed by atoms with van der Waals surface area (Å²) in [6.07, 6.45) is -1.09. The van der Waals surface area contributed by atoms with Crippen LogP contribution in [0.2, 0.25) is 0 Å². The van der Waals surface area contributed by atoms with Crippen LogP contribution in [0.3, 0.4) is 0 Å². The van der Waals surface area contributed by atoms with Gasteiger partial charge in [-0.25, -0.2) is 9.18 Å². The molecule has 13 heteroatoms. The molecule has 1 atom stereocenters. The van der Waals surface area contributed by atoms with Crippen LogP contribution in [0, 0.1) is 15.9 Å². The smallest absolute Gasteiger partial charge is 0.414 e. The number of benzene rings is 2. The minimum atomic E-state index is -0.588. The number of anilines is 3. The molecule has 188 valence electrons. The molecule has 3 aromatic rings. The number of rotatable bonds is 6. The third-order valence-electron chi connectivity index (χ3n) is 6.16. The summed E-state index contributed by atoms with van der Waals surface area (Å²) in [6.45, 7) is 3.81. The van der Waals surface area contributed by atoms with Crippen molar-refractivity contribution in [2.24, 2.45) is 0 Å². The van der Waals surface area contributed by atoms with E-state index in [2.05, 4.69) is 10.3 Å². The predicted molar refractivity (Wildman–Crippen MR) is 128 cm³/mol. The van der Waals surface area contributed by atoms with Gasteiger partial charge < -0.3 is 24.3 Å². The number of ether oxygens (including phenoxy) is 1. The number of nitro groups is 1. The van der Waals surface area contributed by atoms with Crippen LogP contribution in [0.1, 0.15) is 6.92 Å². The van der Waals surface area contributed by atoms with Crippen LogP contribution in [0.4, 0.5) is 32.3 Å². The molecular formula is C23H23FN6O6. The van der Waals surface area contributed by atoms with Crippen molar-refractivity contribution in [1.29, 1.82) is 0 Å². The van der Waals surface area contributed by atoms with Gasteiger partial charge in [0, 0.05) is 45.2 Å². The lowest BCUT2D eigenvalue weighted by Gasteiger charge is -2.35. The summed E-state index contributed by atoms with van der Waals surface area (Å²) in [6, 6.07) is 9.23. The Labute approximate surface area is 204 Å². The Morgan fingerprint density at radius 2 is 1.94 bits per heavy atom. The molecule has 2 amide bonds. The number of carbonyl (C=O) groups excluding carboxylic acids is 2. The molecule has 5 rings (SSSR count). The van der Waals surface area contributed by atoms with Gasteiger partial charge in [0.1, 0.15) is 17.4 Å². The van der Waals surface area contributed by atoms with E-state index in [1.54, 1.807) is 12.1 Å². The number of fused-ring (bicyclic) bond motifs is 1. The molecule has 2 fully saturated rings. The molecule has 1 aromatic heterocycles. The number of carbonyl (C=O) groups is 2. The Morgan fingerprint density at radius 3 is 2.64 bits per heavy atom. The molecule has 0 spiro atoms. The summed E-state index contributed by atoms with van der Waals surface area (Å²) in [5.74, 6) is -0.687. The van der Waals surface area contributed by atoms with E-state index in [1.807, 2.05) is 9.80 Å². The zero-order chi connectivity index (χ0) is 25.4. The van der Waals surface area contributed by atoms with Gasteiger partial charge in [0.05, 0.1) is 29.4 Å². The zero-order valence-corrected chi connectivity index (χ0v) is 19.3. The highest BCUT2D eigenvalue weighted by Gasteiger charge is 2.33. The van der Waals surface area contributed by atoms with Crippen molar-refractivity contribution in [3.05, 3.63) is 52.3 Å². The first kappa shape index (κ1) is 23.3. The molecule has 12 nitrogen and oxygen atoms in total. The Balaban J connectivity index is 1.23. The predicted octanol–water partition coefficient (Wildman–Crippen LogP) is 2.66. The van der Waals surface area contributed by atoms with Gasteiger partial charge in [0.25, 0.3) is 11.7 Å². The number of amides is 2. The van der Waals surface area contributed by atoms with Gasteiger partial charge in [-0.15, -0.1) is 0 Å². The summed E-state index contributed by atoms with van der Waals surface area (Å²) in [5.41, 5.74) is 1.60. The Morgan fingerprint density at radius 1 is 1.19 bits per heavy atom. The lowest BCUT2D eigenvalue weighted by molar-refractivity contribution is -0.384. The lowest BCUT2D eigenvalue weighted by atomic mass is 10.2. The standard InChI is InChI=1S/C23H23FN6O6/c1-14(31)25-12-17-13-29(23(32)35-17)15-2-4-20(18(24)10-15)27-6-8-28(9-7-27)22-26-19-11-16(30(33)34)3-5-21(19)36-22/h2-5,10-11,17H,6-9,12-13H2,1H3,(H,25,31). The molecule has 0 saturated carbocycles. The number of nitro benzene ring substituents is 1. The average Bonchev–Trinajstić information content (AvgIpc) is 3.45. The SMILES string of the molecule is CC(=O)NCC1CN(c2ccc(N3CCN(c4nc5cc([N+](=O)[O-])ccc5o4)CC3)c(F)c2)C(=O)O1. The molecule has 3 heterocycles. The number of piperazine rings is 1. The summed E-state index contributed by atoms with van der Waals surface area (Å²) in [7, 11) is 0. The fraction of sp³-hybridized carbons (Fsp3) is 0.348. The van der Waals surface area contributed by atoms with E-state index < -0.39 is 22.9 Å². The first-order valence-electron chi connectivity index (χ1n) is 11.4. The second kappa shape index (κ2) is 9.32. The number of non-ortho nitro benzene ring substituents is 1. The Bertz CT molecular complexity index is 1340. The van der Waals surface area contributed by atoms with E-state index in [0.29, 0.717) is 54.7 Å². The van der Waals surface area contributed by atoms with E-state index in [-0.39, 0.29) is 24.7 Å². The summed E-state index contributed by atoms with van der Waals surface area (Å²) in [5, 5.41) is 13.6. The fourth-order valence-corrected chi connectivity index (χ4v) is 4.31. The quantitative estimate of drug-likeness (QED) is 0.402. The fourth-order valence-electron chi connectivity index (χ4n) is 4.31. The maximum absolute atomic E-state index is 15.1. The number of cyclic esters (lactones) is 1. The van der Waals surface area contributed by atoms with Crippen LogP contribution >= 0.6 is 0 Å². The molecular weight excluding hydrogens is 475 g/mol. The minimum absolute atomic E-state index is 0.0588. The van der Waals surface area contributed by atoms with Crippen LogP contribution in [0.15, 0.2) is 40.8 Å².